The van der Waals surface area contributed by atoms with Gasteiger partial charge in [0.25, 0.3) is 0 Å². The monoisotopic (exact) mass is 323 g/mol. The Morgan fingerprint density at radius 1 is 1.09 bits per heavy atom. The minimum absolute atomic E-state index is 0.0572. The van der Waals surface area contributed by atoms with Gasteiger partial charge in [-0.1, -0.05) is 29.8 Å². The van der Waals surface area contributed by atoms with Crippen molar-refractivity contribution in [2.45, 2.75) is 39.2 Å². The summed E-state index contributed by atoms with van der Waals surface area (Å²) in [5.74, 6) is -2.37. The molecule has 0 aliphatic heterocycles. The van der Waals surface area contributed by atoms with Crippen LogP contribution in [0.3, 0.4) is 0 Å². The van der Waals surface area contributed by atoms with E-state index in [2.05, 4.69) is 0 Å². The number of hydrogen-bond donors (Lipinski definition) is 0. The fourth-order valence-electron chi connectivity index (χ4n) is 2.11. The second-order valence-corrected chi connectivity index (χ2v) is 5.04. The number of benzene rings is 1. The molecule has 7 heteroatoms. The number of carbonyl (C=O) groups is 2. The maximum atomic E-state index is 12.1. The number of carbonyl (C=O) groups excluding carboxylic acids is 2. The molecule has 0 fully saturated rings. The number of rotatable bonds is 8. The molecule has 0 amide bonds. The van der Waals surface area contributed by atoms with Crippen LogP contribution in [0.4, 0.5) is 0 Å². The quantitative estimate of drug-likeness (QED) is 0.314. The minimum atomic E-state index is -2.53. The van der Waals surface area contributed by atoms with E-state index in [0.717, 1.165) is 11.1 Å². The van der Waals surface area contributed by atoms with Crippen molar-refractivity contribution in [2.24, 2.45) is 0 Å². The lowest BCUT2D eigenvalue weighted by Gasteiger charge is -2.21. The summed E-state index contributed by atoms with van der Waals surface area (Å²) in [6.07, 6.45) is -0.139. The van der Waals surface area contributed by atoms with Gasteiger partial charge in [0.05, 0.1) is 18.1 Å². The molecule has 1 aromatic rings. The zero-order chi connectivity index (χ0) is 17.5. The maximum Gasteiger partial charge on any atom is 0.410 e. The number of esters is 2. The summed E-state index contributed by atoms with van der Waals surface area (Å²) in [4.78, 5) is 34.9. The van der Waals surface area contributed by atoms with Crippen LogP contribution in [0.1, 0.15) is 31.4 Å². The smallest absolute Gasteiger partial charge is 0.410 e. The molecule has 1 rings (SSSR count). The Kier molecular flexibility index (Phi) is 6.68. The van der Waals surface area contributed by atoms with E-state index in [1.165, 1.54) is 13.8 Å². The molecule has 0 bridgehead atoms. The van der Waals surface area contributed by atoms with Crippen LogP contribution in [0.15, 0.2) is 24.3 Å². The molecule has 0 heterocycles. The number of aryl methyl sites for hydroxylation is 2. The number of nitrogens with zero attached hydrogens (tertiary/aromatic N) is 1. The van der Waals surface area contributed by atoms with Gasteiger partial charge in [-0.25, -0.2) is 9.59 Å². The van der Waals surface area contributed by atoms with Gasteiger partial charge in [-0.2, -0.15) is 0 Å². The largest absolute Gasteiger partial charge is 0.460 e. The van der Waals surface area contributed by atoms with Gasteiger partial charge in [0, 0.05) is 6.42 Å². The fourth-order valence-corrected chi connectivity index (χ4v) is 2.11. The molecule has 0 atom stereocenters. The summed E-state index contributed by atoms with van der Waals surface area (Å²) in [5, 5.41) is 11.5. The van der Waals surface area contributed by atoms with Gasteiger partial charge >= 0.3 is 17.5 Å². The molecule has 0 aliphatic carbocycles. The van der Waals surface area contributed by atoms with Crippen LogP contribution in [-0.2, 0) is 25.5 Å². The molecule has 0 spiro atoms. The molecule has 7 nitrogen and oxygen atoms in total. The fraction of sp³-hybridized carbons (Fsp3) is 0.500. The summed E-state index contributed by atoms with van der Waals surface area (Å²) in [5.41, 5.74) is -0.697. The van der Waals surface area contributed by atoms with Gasteiger partial charge < -0.3 is 9.47 Å². The van der Waals surface area contributed by atoms with E-state index in [4.69, 9.17) is 9.47 Å². The zero-order valence-corrected chi connectivity index (χ0v) is 13.5. The average molecular weight is 323 g/mol. The highest BCUT2D eigenvalue weighted by molar-refractivity contribution is 6.03. The summed E-state index contributed by atoms with van der Waals surface area (Å²) in [7, 11) is 0. The highest BCUT2D eigenvalue weighted by atomic mass is 16.7. The van der Waals surface area contributed by atoms with Crippen LogP contribution in [0.25, 0.3) is 0 Å². The Balaban J connectivity index is 3.10. The van der Waals surface area contributed by atoms with Crippen LogP contribution < -0.4 is 0 Å². The Bertz CT molecular complexity index is 548. The van der Waals surface area contributed by atoms with Crippen LogP contribution in [0, 0.1) is 17.0 Å². The standard InChI is InChI=1S/C16H21NO6/c1-4-22-14(18)16(17(20)21,15(19)23-5-2)11-10-13-8-6-12(3)7-9-13/h6-9H,4-5,10-11H2,1-3H3. The van der Waals surface area contributed by atoms with Gasteiger partial charge in [-0.3, -0.25) is 10.1 Å². The van der Waals surface area contributed by atoms with Crippen LogP contribution in [0.5, 0.6) is 0 Å². The van der Waals surface area contributed by atoms with E-state index in [-0.39, 0.29) is 26.1 Å². The van der Waals surface area contributed by atoms with Crippen LogP contribution >= 0.6 is 0 Å². The third-order valence-electron chi connectivity index (χ3n) is 3.43. The van der Waals surface area contributed by atoms with Crippen molar-refractivity contribution in [1.29, 1.82) is 0 Å². The van der Waals surface area contributed by atoms with Gasteiger partial charge in [-0.15, -0.1) is 0 Å². The molecular weight excluding hydrogens is 302 g/mol. The molecular formula is C16H21NO6. The van der Waals surface area contributed by atoms with Gasteiger partial charge in [-0.05, 0) is 32.8 Å². The van der Waals surface area contributed by atoms with Gasteiger partial charge in [0.1, 0.15) is 0 Å². The average Bonchev–Trinajstić information content (AvgIpc) is 2.50. The molecule has 0 saturated carbocycles. The Morgan fingerprint density at radius 3 is 1.96 bits per heavy atom. The van der Waals surface area contributed by atoms with Crippen molar-refractivity contribution in [2.75, 3.05) is 13.2 Å². The van der Waals surface area contributed by atoms with Crippen molar-refractivity contribution in [3.63, 3.8) is 0 Å². The maximum absolute atomic E-state index is 12.1. The first-order valence-corrected chi connectivity index (χ1v) is 7.43. The van der Waals surface area contributed by atoms with E-state index >= 15 is 0 Å². The SMILES string of the molecule is CCOC(=O)C(CCc1ccc(C)cc1)(C(=O)OCC)[N+](=O)[O-]. The number of nitro groups is 1. The number of hydrogen-bond acceptors (Lipinski definition) is 6. The molecule has 0 unspecified atom stereocenters. The van der Waals surface area contributed by atoms with Crippen molar-refractivity contribution < 1.29 is 24.0 Å². The van der Waals surface area contributed by atoms with Crippen molar-refractivity contribution in [3.8, 4) is 0 Å². The second kappa shape index (κ2) is 8.26. The van der Waals surface area contributed by atoms with Crippen molar-refractivity contribution in [3.05, 3.63) is 45.5 Å². The van der Waals surface area contributed by atoms with Crippen LogP contribution in [-0.4, -0.2) is 35.6 Å². The topological polar surface area (TPSA) is 95.7 Å². The molecule has 0 aromatic heterocycles. The van der Waals surface area contributed by atoms with Crippen LogP contribution in [0.2, 0.25) is 0 Å². The summed E-state index contributed by atoms with van der Waals surface area (Å²) in [6.45, 7) is 4.85. The molecule has 0 N–H and O–H groups in total. The lowest BCUT2D eigenvalue weighted by molar-refractivity contribution is -0.542. The van der Waals surface area contributed by atoms with E-state index in [9.17, 15) is 19.7 Å². The predicted octanol–water partition coefficient (Wildman–Crippen LogP) is 2.07. The highest BCUT2D eigenvalue weighted by Gasteiger charge is 2.61. The van der Waals surface area contributed by atoms with Crippen molar-refractivity contribution in [1.82, 2.24) is 0 Å². The van der Waals surface area contributed by atoms with E-state index in [1.54, 1.807) is 12.1 Å². The van der Waals surface area contributed by atoms with E-state index in [0.29, 0.717) is 0 Å². The lowest BCUT2D eigenvalue weighted by Crippen LogP contribution is -2.55. The zero-order valence-electron chi connectivity index (χ0n) is 13.5. The summed E-state index contributed by atoms with van der Waals surface area (Å²) in [6, 6.07) is 7.32. The normalized spacial score (nSPS) is 10.9. The van der Waals surface area contributed by atoms with E-state index in [1.807, 2.05) is 19.1 Å². The molecule has 1 aromatic carbocycles. The first-order chi connectivity index (χ1) is 10.9. The van der Waals surface area contributed by atoms with Crippen molar-refractivity contribution >= 4 is 11.9 Å². The van der Waals surface area contributed by atoms with Gasteiger partial charge in [0.15, 0.2) is 0 Å². The predicted molar refractivity (Wildman–Crippen MR) is 82.5 cm³/mol. The molecule has 23 heavy (non-hydrogen) atoms. The minimum Gasteiger partial charge on any atom is -0.460 e. The Morgan fingerprint density at radius 2 is 1.57 bits per heavy atom. The highest BCUT2D eigenvalue weighted by Crippen LogP contribution is 2.23. The lowest BCUT2D eigenvalue weighted by atomic mass is 9.91. The second-order valence-electron chi connectivity index (χ2n) is 5.04. The molecule has 0 aliphatic rings. The molecule has 0 radical (unpaired) electrons. The third kappa shape index (κ3) is 4.28. The molecule has 126 valence electrons. The van der Waals surface area contributed by atoms with E-state index < -0.39 is 22.4 Å². The summed E-state index contributed by atoms with van der Waals surface area (Å²) < 4.78 is 9.52. The summed E-state index contributed by atoms with van der Waals surface area (Å²) >= 11 is 0. The van der Waals surface area contributed by atoms with Gasteiger partial charge in [0.2, 0.25) is 0 Å². The first kappa shape index (κ1) is 18.6. The molecule has 0 saturated heterocycles. The first-order valence-electron chi connectivity index (χ1n) is 7.43. The Labute approximate surface area is 134 Å². The number of ether oxygens (including phenoxy) is 2. The third-order valence-corrected chi connectivity index (χ3v) is 3.43. The Hall–Kier alpha value is -2.44.